The lowest BCUT2D eigenvalue weighted by Crippen LogP contribution is -2.36. The quantitative estimate of drug-likeness (QED) is 0.834. The van der Waals surface area contributed by atoms with Crippen molar-refractivity contribution in [2.75, 3.05) is 18.4 Å². The van der Waals surface area contributed by atoms with Gasteiger partial charge in [-0.25, -0.2) is 0 Å². The summed E-state index contributed by atoms with van der Waals surface area (Å²) in [6.45, 7) is 3.45. The lowest BCUT2D eigenvalue weighted by molar-refractivity contribution is -0.112. The van der Waals surface area contributed by atoms with Crippen LogP contribution in [0, 0.1) is 0 Å². The standard InChI is InChI=1S/C15H17N5O/c1-10(11-7-16-8-11)15(21)18-13-6-4-3-5-12(13)14-19-17-9-20(14)2/h3-6,9,16H,7-8H2,1-2H3,(H,18,21). The van der Waals surface area contributed by atoms with Crippen LogP contribution in [0.2, 0.25) is 0 Å². The molecule has 2 aromatic rings. The minimum absolute atomic E-state index is 0.0684. The number of nitrogens with zero attached hydrogens (tertiary/aromatic N) is 3. The first-order valence-corrected chi connectivity index (χ1v) is 6.81. The molecule has 6 nitrogen and oxygen atoms in total. The van der Waals surface area contributed by atoms with Crippen molar-refractivity contribution in [3.63, 3.8) is 0 Å². The molecule has 0 unspecified atom stereocenters. The van der Waals surface area contributed by atoms with E-state index in [1.165, 1.54) is 0 Å². The topological polar surface area (TPSA) is 71.8 Å². The molecule has 0 radical (unpaired) electrons. The molecular formula is C15H17N5O. The van der Waals surface area contributed by atoms with Gasteiger partial charge in [-0.05, 0) is 24.6 Å². The van der Waals surface area contributed by atoms with Gasteiger partial charge >= 0.3 is 0 Å². The molecule has 6 heteroatoms. The largest absolute Gasteiger partial charge is 0.322 e. The zero-order chi connectivity index (χ0) is 14.8. The molecule has 1 amide bonds. The first-order chi connectivity index (χ1) is 10.2. The van der Waals surface area contributed by atoms with Crippen LogP contribution >= 0.6 is 0 Å². The first-order valence-electron chi connectivity index (χ1n) is 6.81. The van der Waals surface area contributed by atoms with Crippen molar-refractivity contribution in [2.45, 2.75) is 6.92 Å². The maximum Gasteiger partial charge on any atom is 0.251 e. The summed E-state index contributed by atoms with van der Waals surface area (Å²) in [4.78, 5) is 12.3. The van der Waals surface area contributed by atoms with Crippen LogP contribution in [-0.2, 0) is 11.8 Å². The van der Waals surface area contributed by atoms with Gasteiger partial charge in [0.15, 0.2) is 5.82 Å². The highest BCUT2D eigenvalue weighted by atomic mass is 16.1. The van der Waals surface area contributed by atoms with Gasteiger partial charge in [-0.1, -0.05) is 12.1 Å². The fourth-order valence-corrected chi connectivity index (χ4v) is 2.21. The van der Waals surface area contributed by atoms with E-state index in [1.54, 1.807) is 6.33 Å². The monoisotopic (exact) mass is 283 g/mol. The minimum Gasteiger partial charge on any atom is -0.322 e. The highest BCUT2D eigenvalue weighted by Gasteiger charge is 2.18. The van der Waals surface area contributed by atoms with Gasteiger partial charge in [0.2, 0.25) is 0 Å². The maximum atomic E-state index is 12.3. The zero-order valence-electron chi connectivity index (χ0n) is 12.1. The molecular weight excluding hydrogens is 266 g/mol. The fraction of sp³-hybridized carbons (Fsp3) is 0.267. The highest BCUT2D eigenvalue weighted by molar-refractivity contribution is 6.05. The predicted octanol–water partition coefficient (Wildman–Crippen LogP) is 1.34. The molecule has 108 valence electrons. The molecule has 1 aliphatic rings. The third-order valence-corrected chi connectivity index (χ3v) is 3.68. The van der Waals surface area contributed by atoms with E-state index >= 15 is 0 Å². The third-order valence-electron chi connectivity index (χ3n) is 3.68. The molecule has 1 fully saturated rings. The number of amides is 1. The SMILES string of the molecule is CC(C(=O)Nc1ccccc1-c1nncn1C)=C1CNC1. The molecule has 1 aromatic carbocycles. The van der Waals surface area contributed by atoms with E-state index in [-0.39, 0.29) is 5.91 Å². The van der Waals surface area contributed by atoms with Crippen molar-refractivity contribution in [3.05, 3.63) is 41.7 Å². The number of hydrogen-bond acceptors (Lipinski definition) is 4. The van der Waals surface area contributed by atoms with Crippen molar-refractivity contribution in [1.29, 1.82) is 0 Å². The molecule has 0 bridgehead atoms. The summed E-state index contributed by atoms with van der Waals surface area (Å²) in [5.74, 6) is 0.655. The van der Waals surface area contributed by atoms with Gasteiger partial charge in [0.05, 0.1) is 5.69 Å². The Morgan fingerprint density at radius 3 is 2.71 bits per heavy atom. The molecule has 0 spiro atoms. The maximum absolute atomic E-state index is 12.3. The molecule has 1 saturated heterocycles. The van der Waals surface area contributed by atoms with Crippen molar-refractivity contribution >= 4 is 11.6 Å². The number of benzene rings is 1. The molecule has 2 N–H and O–H groups in total. The summed E-state index contributed by atoms with van der Waals surface area (Å²) in [5, 5.41) is 14.1. The number of para-hydroxylation sites is 1. The van der Waals surface area contributed by atoms with Crippen LogP contribution < -0.4 is 10.6 Å². The second-order valence-corrected chi connectivity index (χ2v) is 5.10. The average Bonchev–Trinajstić information content (AvgIpc) is 2.83. The van der Waals surface area contributed by atoms with E-state index in [1.807, 2.05) is 42.8 Å². The van der Waals surface area contributed by atoms with Crippen LogP contribution in [0.25, 0.3) is 11.4 Å². The van der Waals surface area contributed by atoms with Crippen molar-refractivity contribution in [3.8, 4) is 11.4 Å². The van der Waals surface area contributed by atoms with E-state index in [9.17, 15) is 4.79 Å². The second-order valence-electron chi connectivity index (χ2n) is 5.10. The van der Waals surface area contributed by atoms with Gasteiger partial charge < -0.3 is 15.2 Å². The number of hydrogen-bond donors (Lipinski definition) is 2. The smallest absolute Gasteiger partial charge is 0.251 e. The molecule has 1 aliphatic heterocycles. The Morgan fingerprint density at radius 2 is 2.10 bits per heavy atom. The normalized spacial score (nSPS) is 13.7. The van der Waals surface area contributed by atoms with Gasteiger partial charge in [-0.3, -0.25) is 4.79 Å². The van der Waals surface area contributed by atoms with Crippen LogP contribution in [0.4, 0.5) is 5.69 Å². The number of nitrogens with one attached hydrogen (secondary N) is 2. The third kappa shape index (κ3) is 2.57. The molecule has 0 aliphatic carbocycles. The minimum atomic E-state index is -0.0684. The van der Waals surface area contributed by atoms with Crippen molar-refractivity contribution in [2.24, 2.45) is 7.05 Å². The Kier molecular flexibility index (Phi) is 3.53. The van der Waals surface area contributed by atoms with Crippen LogP contribution in [0.3, 0.4) is 0 Å². The number of anilines is 1. The van der Waals surface area contributed by atoms with Crippen LogP contribution in [0.1, 0.15) is 6.92 Å². The Labute approximate surface area is 122 Å². The fourth-order valence-electron chi connectivity index (χ4n) is 2.21. The number of aromatic nitrogens is 3. The summed E-state index contributed by atoms with van der Waals surface area (Å²) in [6.07, 6.45) is 1.64. The Bertz CT molecular complexity index is 710. The Balaban J connectivity index is 1.90. The van der Waals surface area contributed by atoms with Crippen LogP contribution in [0.5, 0.6) is 0 Å². The Morgan fingerprint density at radius 1 is 1.33 bits per heavy atom. The molecule has 1 aromatic heterocycles. The predicted molar refractivity (Wildman–Crippen MR) is 80.6 cm³/mol. The van der Waals surface area contributed by atoms with E-state index in [0.29, 0.717) is 0 Å². The summed E-state index contributed by atoms with van der Waals surface area (Å²) in [6, 6.07) is 7.61. The lowest BCUT2D eigenvalue weighted by atomic mass is 10.0. The summed E-state index contributed by atoms with van der Waals surface area (Å²) in [5.41, 5.74) is 3.53. The number of carbonyl (C=O) groups excluding carboxylic acids is 1. The van der Waals surface area contributed by atoms with Crippen LogP contribution in [-0.4, -0.2) is 33.8 Å². The zero-order valence-corrected chi connectivity index (χ0v) is 12.1. The average molecular weight is 283 g/mol. The molecule has 3 rings (SSSR count). The highest BCUT2D eigenvalue weighted by Crippen LogP contribution is 2.26. The first kappa shape index (κ1) is 13.5. The van der Waals surface area contributed by atoms with Crippen molar-refractivity contribution < 1.29 is 4.79 Å². The van der Waals surface area contributed by atoms with Gasteiger partial charge in [0, 0.05) is 31.3 Å². The van der Waals surface area contributed by atoms with Crippen molar-refractivity contribution in [1.82, 2.24) is 20.1 Å². The van der Waals surface area contributed by atoms with Crippen LogP contribution in [0.15, 0.2) is 41.7 Å². The van der Waals surface area contributed by atoms with E-state index in [4.69, 9.17) is 0 Å². The van der Waals surface area contributed by atoms with E-state index < -0.39 is 0 Å². The molecule has 0 saturated carbocycles. The van der Waals surface area contributed by atoms with Gasteiger partial charge in [-0.2, -0.15) is 0 Å². The number of carbonyl (C=O) groups is 1. The lowest BCUT2D eigenvalue weighted by Gasteiger charge is -2.21. The van der Waals surface area contributed by atoms with E-state index in [2.05, 4.69) is 20.8 Å². The number of rotatable bonds is 3. The second kappa shape index (κ2) is 5.49. The summed E-state index contributed by atoms with van der Waals surface area (Å²) < 4.78 is 1.83. The molecule has 2 heterocycles. The van der Waals surface area contributed by atoms with Gasteiger partial charge in [0.25, 0.3) is 5.91 Å². The molecule has 21 heavy (non-hydrogen) atoms. The van der Waals surface area contributed by atoms with Gasteiger partial charge in [0.1, 0.15) is 6.33 Å². The van der Waals surface area contributed by atoms with E-state index in [0.717, 1.165) is 41.3 Å². The summed E-state index contributed by atoms with van der Waals surface area (Å²) >= 11 is 0. The number of aryl methyl sites for hydroxylation is 1. The summed E-state index contributed by atoms with van der Waals surface area (Å²) in [7, 11) is 1.88. The van der Waals surface area contributed by atoms with Gasteiger partial charge in [-0.15, -0.1) is 10.2 Å². The molecule has 0 atom stereocenters. The Hall–Kier alpha value is -2.47.